The number of phosphoric acid groups is 1. The standard InChI is InChI=1S/C19H19BrF3N4O7PS/c20-9-3-10(5-24-4-9)36-19-18(29)16(17(28)14(34-19)7-33-35(30,31)32)27-6-13(25-26-27)8-1-11(21)15(23)12(22)2-8/h1-6,14,16-19,25-26,28-29H,7H2,(H2,30,31,32)/t14?,16?,17-,18?,19+/m0/s1. The Kier molecular flexibility index (Phi) is 8.31. The number of aliphatic hydroxyl groups excluding tert-OH is 2. The van der Waals surface area contributed by atoms with Crippen molar-refractivity contribution in [3.05, 3.63) is 64.3 Å². The lowest BCUT2D eigenvalue weighted by molar-refractivity contribution is -0.187. The number of benzene rings is 1. The zero-order valence-electron chi connectivity index (χ0n) is 17.8. The first-order chi connectivity index (χ1) is 16.9. The van der Waals surface area contributed by atoms with Gasteiger partial charge in [-0.3, -0.25) is 14.5 Å². The summed E-state index contributed by atoms with van der Waals surface area (Å²) < 4.78 is 62.8. The zero-order chi connectivity index (χ0) is 26.2. The molecule has 17 heteroatoms. The SMILES string of the molecule is O=P(O)(O)OCC1O[C@H](Sc2cncc(Br)c2)C(O)C(N2C=C(c3cc(F)c(F)c(F)c3)NN2)[C@H]1O. The third-order valence-corrected chi connectivity index (χ3v) is 7.25. The van der Waals surface area contributed by atoms with Crippen LogP contribution in [0.5, 0.6) is 0 Å². The van der Waals surface area contributed by atoms with E-state index in [0.29, 0.717) is 9.37 Å². The van der Waals surface area contributed by atoms with E-state index in [4.69, 9.17) is 14.5 Å². The molecule has 1 saturated heterocycles. The number of nitrogens with zero attached hydrogens (tertiary/aromatic N) is 2. The molecule has 0 bridgehead atoms. The average Bonchev–Trinajstić information content (AvgIpc) is 3.27. The Labute approximate surface area is 214 Å². The van der Waals surface area contributed by atoms with Crippen LogP contribution in [0.15, 0.2) is 46.2 Å². The summed E-state index contributed by atoms with van der Waals surface area (Å²) in [6, 6.07) is 2.01. The lowest BCUT2D eigenvalue weighted by Crippen LogP contribution is -2.65. The minimum Gasteiger partial charge on any atom is -0.388 e. The highest BCUT2D eigenvalue weighted by molar-refractivity contribution is 9.10. The van der Waals surface area contributed by atoms with Crippen LogP contribution in [-0.2, 0) is 13.8 Å². The van der Waals surface area contributed by atoms with E-state index in [1.54, 1.807) is 12.3 Å². The molecule has 0 amide bonds. The van der Waals surface area contributed by atoms with Crippen molar-refractivity contribution in [1.82, 2.24) is 21.0 Å². The van der Waals surface area contributed by atoms with Gasteiger partial charge in [0.1, 0.15) is 29.8 Å². The molecule has 4 rings (SSSR count). The number of aliphatic hydroxyl groups is 2. The van der Waals surface area contributed by atoms with Crippen molar-refractivity contribution in [1.29, 1.82) is 0 Å². The van der Waals surface area contributed by atoms with Gasteiger partial charge in [0.2, 0.25) is 0 Å². The van der Waals surface area contributed by atoms with Crippen LogP contribution in [0.3, 0.4) is 0 Å². The van der Waals surface area contributed by atoms with Gasteiger partial charge in [-0.05, 0) is 34.1 Å². The van der Waals surface area contributed by atoms with E-state index in [1.165, 1.54) is 17.4 Å². The van der Waals surface area contributed by atoms with E-state index in [9.17, 15) is 27.9 Å². The predicted molar refractivity (Wildman–Crippen MR) is 123 cm³/mol. The second-order valence-corrected chi connectivity index (χ2v) is 11.0. The third-order valence-electron chi connectivity index (χ3n) is 5.21. The summed E-state index contributed by atoms with van der Waals surface area (Å²) in [5.41, 5.74) is 4.20. The fraction of sp³-hybridized carbons (Fsp3) is 0.316. The van der Waals surface area contributed by atoms with Gasteiger partial charge in [-0.25, -0.2) is 17.7 Å². The second kappa shape index (κ2) is 10.9. The van der Waals surface area contributed by atoms with Crippen molar-refractivity contribution in [2.24, 2.45) is 0 Å². The fourth-order valence-electron chi connectivity index (χ4n) is 3.59. The normalized spacial score (nSPS) is 26.6. The smallest absolute Gasteiger partial charge is 0.388 e. The molecular weight excluding hydrogens is 596 g/mol. The number of hydrogen-bond acceptors (Lipinski definition) is 10. The van der Waals surface area contributed by atoms with Crippen LogP contribution in [0, 0.1) is 17.5 Å². The predicted octanol–water partition coefficient (Wildman–Crippen LogP) is 1.60. The van der Waals surface area contributed by atoms with Crippen LogP contribution < -0.4 is 11.0 Å². The van der Waals surface area contributed by atoms with Crippen LogP contribution in [0.2, 0.25) is 0 Å². The largest absolute Gasteiger partial charge is 0.469 e. The van der Waals surface area contributed by atoms with Gasteiger partial charge in [-0.15, -0.1) is 5.53 Å². The Morgan fingerprint density at radius 2 is 1.86 bits per heavy atom. The summed E-state index contributed by atoms with van der Waals surface area (Å²) >= 11 is 4.31. The molecular formula is C19H19BrF3N4O7PS. The topological polar surface area (TPSA) is 157 Å². The first-order valence-electron chi connectivity index (χ1n) is 10.1. The number of hydrazine groups is 2. The highest BCUT2D eigenvalue weighted by atomic mass is 79.9. The summed E-state index contributed by atoms with van der Waals surface area (Å²) in [6.07, 6.45) is 0.0373. The van der Waals surface area contributed by atoms with Crippen molar-refractivity contribution in [2.75, 3.05) is 6.61 Å². The molecule has 1 fully saturated rings. The number of hydrogen-bond donors (Lipinski definition) is 6. The van der Waals surface area contributed by atoms with Gasteiger partial charge in [0.25, 0.3) is 0 Å². The number of thioether (sulfide) groups is 1. The quantitative estimate of drug-likeness (QED) is 0.198. The molecule has 2 aliphatic rings. The Morgan fingerprint density at radius 3 is 2.50 bits per heavy atom. The van der Waals surface area contributed by atoms with E-state index in [-0.39, 0.29) is 11.3 Å². The molecule has 2 aliphatic heterocycles. The Balaban J connectivity index is 1.62. The molecule has 5 atom stereocenters. The van der Waals surface area contributed by atoms with Gasteiger partial charge in [0.15, 0.2) is 17.5 Å². The summed E-state index contributed by atoms with van der Waals surface area (Å²) in [5, 5.41) is 23.2. The fourth-order valence-corrected chi connectivity index (χ4v) is 5.53. The summed E-state index contributed by atoms with van der Waals surface area (Å²) in [6.45, 7) is -0.714. The first-order valence-corrected chi connectivity index (χ1v) is 13.3. The van der Waals surface area contributed by atoms with Crippen LogP contribution in [0.25, 0.3) is 5.70 Å². The molecule has 6 N–H and O–H groups in total. The maximum Gasteiger partial charge on any atom is 0.469 e. The first kappa shape index (κ1) is 27.3. The van der Waals surface area contributed by atoms with Gasteiger partial charge in [-0.1, -0.05) is 11.8 Å². The Hall–Kier alpha value is -1.72. The molecule has 0 aliphatic carbocycles. The molecule has 0 saturated carbocycles. The van der Waals surface area contributed by atoms with Gasteiger partial charge in [0, 0.05) is 33.5 Å². The van der Waals surface area contributed by atoms with Crippen molar-refractivity contribution in [3.63, 3.8) is 0 Å². The third kappa shape index (κ3) is 6.22. The molecule has 2 aromatic rings. The minimum atomic E-state index is -4.91. The van der Waals surface area contributed by atoms with Crippen LogP contribution >= 0.6 is 35.5 Å². The second-order valence-electron chi connectivity index (χ2n) is 7.70. The number of ether oxygens (including phenoxy) is 1. The molecule has 3 unspecified atom stereocenters. The molecule has 11 nitrogen and oxygen atoms in total. The number of rotatable bonds is 7. The summed E-state index contributed by atoms with van der Waals surface area (Å²) in [4.78, 5) is 22.7. The van der Waals surface area contributed by atoms with Crippen molar-refractivity contribution >= 4 is 41.2 Å². The lowest BCUT2D eigenvalue weighted by Gasteiger charge is -2.45. The molecule has 0 spiro atoms. The lowest BCUT2D eigenvalue weighted by atomic mass is 9.97. The van der Waals surface area contributed by atoms with Crippen LogP contribution in [0.1, 0.15) is 5.56 Å². The van der Waals surface area contributed by atoms with Gasteiger partial charge >= 0.3 is 7.82 Å². The maximum atomic E-state index is 13.7. The van der Waals surface area contributed by atoms with Gasteiger partial charge in [-0.2, -0.15) is 0 Å². The molecule has 196 valence electrons. The summed E-state index contributed by atoms with van der Waals surface area (Å²) in [7, 11) is -4.91. The van der Waals surface area contributed by atoms with E-state index in [0.717, 1.165) is 23.9 Å². The van der Waals surface area contributed by atoms with Gasteiger partial charge in [0.05, 0.1) is 12.3 Å². The molecule has 36 heavy (non-hydrogen) atoms. The van der Waals surface area contributed by atoms with E-state index >= 15 is 0 Å². The van der Waals surface area contributed by atoms with Crippen LogP contribution in [-0.4, -0.2) is 66.4 Å². The molecule has 1 aromatic heterocycles. The maximum absolute atomic E-state index is 13.7. The number of phosphoric ester groups is 1. The van der Waals surface area contributed by atoms with E-state index < -0.39 is 61.7 Å². The van der Waals surface area contributed by atoms with Crippen molar-refractivity contribution in [2.45, 2.75) is 34.7 Å². The average molecular weight is 615 g/mol. The zero-order valence-corrected chi connectivity index (χ0v) is 21.1. The van der Waals surface area contributed by atoms with Crippen molar-refractivity contribution in [3.8, 4) is 0 Å². The molecule has 1 aromatic carbocycles. The van der Waals surface area contributed by atoms with Crippen LogP contribution in [0.4, 0.5) is 13.2 Å². The summed E-state index contributed by atoms with van der Waals surface area (Å²) in [5.74, 6) is -4.45. The minimum absolute atomic E-state index is 0.0649. The highest BCUT2D eigenvalue weighted by Gasteiger charge is 2.48. The molecule has 0 radical (unpaired) electrons. The monoisotopic (exact) mass is 614 g/mol. The van der Waals surface area contributed by atoms with Crippen molar-refractivity contribution < 1.29 is 47.0 Å². The number of pyridine rings is 1. The van der Waals surface area contributed by atoms with Gasteiger partial charge < -0.3 is 30.2 Å². The Morgan fingerprint density at radius 1 is 1.17 bits per heavy atom. The number of halogens is 4. The van der Waals surface area contributed by atoms with E-state index in [1.807, 2.05) is 0 Å². The Bertz CT molecular complexity index is 1190. The number of nitrogens with one attached hydrogen (secondary N) is 2. The number of aromatic nitrogens is 1. The highest BCUT2D eigenvalue weighted by Crippen LogP contribution is 2.40. The van der Waals surface area contributed by atoms with E-state index in [2.05, 4.69) is 36.4 Å². The molecule has 3 heterocycles.